The maximum Gasteiger partial charge on any atom is 0.240 e. The third-order valence-electron chi connectivity index (χ3n) is 4.41. The minimum absolute atomic E-state index is 0.124. The lowest BCUT2D eigenvalue weighted by molar-refractivity contribution is 0.0655. The van der Waals surface area contributed by atoms with Gasteiger partial charge in [-0.15, -0.1) is 11.3 Å². The number of furan rings is 1. The lowest BCUT2D eigenvalue weighted by Crippen LogP contribution is -2.41. The van der Waals surface area contributed by atoms with Gasteiger partial charge in [0, 0.05) is 4.88 Å². The van der Waals surface area contributed by atoms with Crippen LogP contribution < -0.4 is 9.46 Å². The summed E-state index contributed by atoms with van der Waals surface area (Å²) in [5, 5.41) is 13.1. The summed E-state index contributed by atoms with van der Waals surface area (Å²) in [6.07, 6.45) is 1.45. The summed E-state index contributed by atoms with van der Waals surface area (Å²) >= 11 is 1.33. The molecular weight excluding hydrogens is 398 g/mol. The molecule has 3 aromatic rings. The van der Waals surface area contributed by atoms with Gasteiger partial charge in [-0.05, 0) is 67.6 Å². The van der Waals surface area contributed by atoms with Crippen LogP contribution in [0.25, 0.3) is 0 Å². The molecule has 3 rings (SSSR count). The van der Waals surface area contributed by atoms with Gasteiger partial charge in [-0.1, -0.05) is 6.07 Å². The van der Waals surface area contributed by atoms with Gasteiger partial charge < -0.3 is 14.3 Å². The summed E-state index contributed by atoms with van der Waals surface area (Å²) in [6.45, 7) is 5.74. The summed E-state index contributed by atoms with van der Waals surface area (Å²) in [5.41, 5.74) is -0.122. The first-order chi connectivity index (χ1) is 13.3. The highest BCUT2D eigenvalue weighted by Gasteiger charge is 2.37. The van der Waals surface area contributed by atoms with Crippen LogP contribution in [-0.4, -0.2) is 26.7 Å². The molecule has 0 amide bonds. The Morgan fingerprint density at radius 1 is 1.21 bits per heavy atom. The van der Waals surface area contributed by atoms with Crippen molar-refractivity contribution in [3.8, 4) is 5.75 Å². The number of hydrogen-bond donors (Lipinski definition) is 2. The maximum atomic E-state index is 12.9. The second-order valence-corrected chi connectivity index (χ2v) is 9.17. The molecule has 1 aromatic carbocycles. The van der Waals surface area contributed by atoms with E-state index in [9.17, 15) is 13.5 Å². The van der Waals surface area contributed by atoms with Gasteiger partial charge in [-0.3, -0.25) is 0 Å². The van der Waals surface area contributed by atoms with Crippen molar-refractivity contribution in [2.75, 3.05) is 13.2 Å². The van der Waals surface area contributed by atoms with E-state index in [1.165, 1.54) is 17.6 Å². The van der Waals surface area contributed by atoms with Crippen molar-refractivity contribution in [1.29, 1.82) is 0 Å². The van der Waals surface area contributed by atoms with Crippen LogP contribution in [0.5, 0.6) is 5.75 Å². The molecule has 0 aliphatic heterocycles. The molecule has 0 aliphatic carbocycles. The Balaban J connectivity index is 1.90. The van der Waals surface area contributed by atoms with Crippen molar-refractivity contribution in [3.05, 3.63) is 69.8 Å². The number of rotatable bonds is 8. The van der Waals surface area contributed by atoms with Crippen molar-refractivity contribution >= 4 is 21.4 Å². The largest absolute Gasteiger partial charge is 0.493 e. The van der Waals surface area contributed by atoms with Crippen LogP contribution in [0, 0.1) is 13.8 Å². The van der Waals surface area contributed by atoms with Gasteiger partial charge in [0.2, 0.25) is 10.0 Å². The molecule has 2 N–H and O–H groups in total. The molecule has 0 saturated heterocycles. The number of sulfonamides is 1. The van der Waals surface area contributed by atoms with Gasteiger partial charge in [0.25, 0.3) is 0 Å². The number of aliphatic hydroxyl groups is 1. The first-order valence-corrected chi connectivity index (χ1v) is 11.2. The number of hydrogen-bond acceptors (Lipinski definition) is 6. The first kappa shape index (κ1) is 20.6. The van der Waals surface area contributed by atoms with E-state index < -0.39 is 15.6 Å². The molecular formula is C20H23NO5S2. The zero-order chi connectivity index (χ0) is 20.4. The van der Waals surface area contributed by atoms with Crippen molar-refractivity contribution in [2.24, 2.45) is 0 Å². The summed E-state index contributed by atoms with van der Waals surface area (Å²) in [5.74, 6) is 0.962. The fourth-order valence-corrected chi connectivity index (χ4v) is 5.10. The molecule has 0 bridgehead atoms. The van der Waals surface area contributed by atoms with Crippen molar-refractivity contribution in [2.45, 2.75) is 31.3 Å². The number of thiophene rings is 1. The quantitative estimate of drug-likeness (QED) is 0.580. The average Bonchev–Trinajstić information content (AvgIpc) is 3.37. The van der Waals surface area contributed by atoms with Gasteiger partial charge in [0.15, 0.2) is 5.60 Å². The number of aryl methyl sites for hydroxylation is 2. The third kappa shape index (κ3) is 4.00. The smallest absolute Gasteiger partial charge is 0.240 e. The van der Waals surface area contributed by atoms with E-state index >= 15 is 0 Å². The zero-order valence-corrected chi connectivity index (χ0v) is 17.6. The van der Waals surface area contributed by atoms with Crippen LogP contribution in [0.15, 0.2) is 57.4 Å². The van der Waals surface area contributed by atoms with Crippen LogP contribution in [0.1, 0.15) is 28.7 Å². The van der Waals surface area contributed by atoms with Crippen molar-refractivity contribution < 1.29 is 22.7 Å². The Kier molecular flexibility index (Phi) is 5.95. The minimum Gasteiger partial charge on any atom is -0.493 e. The Morgan fingerprint density at radius 3 is 2.46 bits per heavy atom. The third-order valence-corrected chi connectivity index (χ3v) is 6.81. The summed E-state index contributed by atoms with van der Waals surface area (Å²) in [7, 11) is -3.85. The fraction of sp³-hybridized carbons (Fsp3) is 0.300. The van der Waals surface area contributed by atoms with Crippen LogP contribution in [0.3, 0.4) is 0 Å². The Hall–Kier alpha value is -2.13. The monoisotopic (exact) mass is 421 g/mol. The zero-order valence-electron chi connectivity index (χ0n) is 15.9. The number of nitrogens with one attached hydrogen (secondary N) is 1. The highest BCUT2D eigenvalue weighted by Crippen LogP contribution is 2.33. The van der Waals surface area contributed by atoms with Crippen molar-refractivity contribution in [1.82, 2.24) is 4.72 Å². The SMILES string of the molecule is CCOc1c(C)cc(S(=O)(=O)NCC(O)(c2ccco2)c2cccs2)cc1C. The molecule has 150 valence electrons. The molecule has 8 heteroatoms. The van der Waals surface area contributed by atoms with Gasteiger partial charge in [0.1, 0.15) is 11.5 Å². The summed E-state index contributed by atoms with van der Waals surface area (Å²) in [6, 6.07) is 9.95. The second-order valence-electron chi connectivity index (χ2n) is 6.46. The normalized spacial score (nSPS) is 14.0. The molecule has 1 unspecified atom stereocenters. The van der Waals surface area contributed by atoms with Gasteiger partial charge in [-0.25, -0.2) is 13.1 Å². The van der Waals surface area contributed by atoms with E-state index in [0.29, 0.717) is 17.2 Å². The molecule has 0 aliphatic rings. The fourth-order valence-electron chi connectivity index (χ4n) is 3.04. The maximum absolute atomic E-state index is 12.9. The van der Waals surface area contributed by atoms with E-state index in [0.717, 1.165) is 11.1 Å². The molecule has 0 spiro atoms. The Morgan fingerprint density at radius 2 is 1.93 bits per heavy atom. The van der Waals surface area contributed by atoms with E-state index in [1.54, 1.807) is 36.4 Å². The molecule has 28 heavy (non-hydrogen) atoms. The van der Waals surface area contributed by atoms with Gasteiger partial charge >= 0.3 is 0 Å². The van der Waals surface area contributed by atoms with E-state index in [4.69, 9.17) is 9.15 Å². The van der Waals surface area contributed by atoms with Gasteiger partial charge in [-0.2, -0.15) is 0 Å². The number of benzene rings is 1. The lowest BCUT2D eigenvalue weighted by Gasteiger charge is -2.25. The first-order valence-electron chi connectivity index (χ1n) is 8.82. The average molecular weight is 422 g/mol. The molecule has 6 nitrogen and oxygen atoms in total. The molecule has 1 atom stereocenters. The highest BCUT2D eigenvalue weighted by atomic mass is 32.2. The Bertz CT molecular complexity index is 967. The molecule has 2 aromatic heterocycles. The predicted octanol–water partition coefficient (Wildman–Crippen LogP) is 3.57. The Labute approximate surface area is 168 Å². The number of ether oxygens (including phenoxy) is 1. The molecule has 0 fully saturated rings. The summed E-state index contributed by atoms with van der Waals surface area (Å²) in [4.78, 5) is 0.711. The summed E-state index contributed by atoms with van der Waals surface area (Å²) < 4.78 is 39.3. The van der Waals surface area contributed by atoms with E-state index in [2.05, 4.69) is 4.72 Å². The predicted molar refractivity (Wildman–Crippen MR) is 108 cm³/mol. The minimum atomic E-state index is -3.85. The lowest BCUT2D eigenvalue weighted by atomic mass is 9.99. The van der Waals surface area contributed by atoms with E-state index in [-0.39, 0.29) is 17.2 Å². The highest BCUT2D eigenvalue weighted by molar-refractivity contribution is 7.89. The molecule has 0 saturated carbocycles. The van der Waals surface area contributed by atoms with Crippen molar-refractivity contribution in [3.63, 3.8) is 0 Å². The second kappa shape index (κ2) is 8.08. The standard InChI is InChI=1S/C20H23NO5S2/c1-4-25-19-14(2)11-16(12-15(19)3)28(23,24)21-13-20(22,17-7-5-9-26-17)18-8-6-10-27-18/h5-12,21-22H,4,13H2,1-3H3. The molecule has 0 radical (unpaired) electrons. The van der Waals surface area contributed by atoms with Crippen LogP contribution >= 0.6 is 11.3 Å². The molecule has 2 heterocycles. The topological polar surface area (TPSA) is 88.8 Å². The van der Waals surface area contributed by atoms with E-state index in [1.807, 2.05) is 26.2 Å². The van der Waals surface area contributed by atoms with Crippen LogP contribution in [0.2, 0.25) is 0 Å². The van der Waals surface area contributed by atoms with Gasteiger partial charge in [0.05, 0.1) is 24.3 Å². The van der Waals surface area contributed by atoms with Crippen LogP contribution in [0.4, 0.5) is 0 Å². The van der Waals surface area contributed by atoms with Crippen LogP contribution in [-0.2, 0) is 15.6 Å².